The van der Waals surface area contributed by atoms with Crippen molar-refractivity contribution >= 4 is 16.7 Å². The lowest BCUT2D eigenvalue weighted by atomic mass is 9.94. The highest BCUT2D eigenvalue weighted by Crippen LogP contribution is 2.37. The summed E-state index contributed by atoms with van der Waals surface area (Å²) >= 11 is 0. The number of ether oxygens (including phenoxy) is 5. The Hall–Kier alpha value is -3.94. The fraction of sp³-hybridized carbons (Fsp3) is 0.312. The summed E-state index contributed by atoms with van der Waals surface area (Å²) in [6.07, 6.45) is -1.11. The zero-order valence-electron chi connectivity index (χ0n) is 23.3. The summed E-state index contributed by atoms with van der Waals surface area (Å²) in [7, 11) is 1.57. The fourth-order valence-corrected chi connectivity index (χ4v) is 4.70. The number of fused-ring (bicyclic) bond motifs is 1. The highest BCUT2D eigenvalue weighted by molar-refractivity contribution is 5.87. The molecule has 7 heteroatoms. The summed E-state index contributed by atoms with van der Waals surface area (Å²) < 4.78 is 28.4. The predicted molar refractivity (Wildman–Crippen MR) is 151 cm³/mol. The van der Waals surface area contributed by atoms with Gasteiger partial charge in [-0.3, -0.25) is 4.79 Å². The molecule has 0 bridgehead atoms. The van der Waals surface area contributed by atoms with E-state index in [1.807, 2.05) is 70.2 Å². The van der Waals surface area contributed by atoms with E-state index in [0.29, 0.717) is 29.5 Å². The summed E-state index contributed by atoms with van der Waals surface area (Å²) in [6, 6.07) is 21.8. The maximum absolute atomic E-state index is 12.3. The number of pyridine rings is 1. The third kappa shape index (κ3) is 6.74. The molecule has 0 aliphatic carbocycles. The van der Waals surface area contributed by atoms with Gasteiger partial charge in [-0.15, -0.1) is 0 Å². The van der Waals surface area contributed by atoms with Crippen molar-refractivity contribution < 1.29 is 28.5 Å². The van der Waals surface area contributed by atoms with Gasteiger partial charge in [-0.25, -0.2) is 4.98 Å². The van der Waals surface area contributed by atoms with Gasteiger partial charge in [0.25, 0.3) is 0 Å². The lowest BCUT2D eigenvalue weighted by Gasteiger charge is -2.24. The zero-order chi connectivity index (χ0) is 27.9. The molecule has 0 radical (unpaired) electrons. The van der Waals surface area contributed by atoms with Crippen LogP contribution >= 0.6 is 0 Å². The minimum atomic E-state index is -0.725. The minimum absolute atomic E-state index is 0.0782. The Kier molecular flexibility index (Phi) is 9.17. The Morgan fingerprint density at radius 2 is 1.67 bits per heavy atom. The van der Waals surface area contributed by atoms with E-state index in [9.17, 15) is 4.79 Å². The van der Waals surface area contributed by atoms with Gasteiger partial charge < -0.3 is 23.7 Å². The zero-order valence-corrected chi connectivity index (χ0v) is 23.3. The van der Waals surface area contributed by atoms with Crippen molar-refractivity contribution in [1.29, 1.82) is 0 Å². The molecule has 0 saturated heterocycles. The van der Waals surface area contributed by atoms with E-state index in [2.05, 4.69) is 24.3 Å². The normalized spacial score (nSPS) is 12.7. The molecule has 2 atom stereocenters. The maximum Gasteiger partial charge on any atom is 0.303 e. The molecule has 0 spiro atoms. The number of nitrogens with zero attached hydrogens (tertiary/aromatic N) is 1. The molecular formula is C32H35NO6. The number of carbonyl (C=O) groups excluding carboxylic acids is 1. The minimum Gasteiger partial charge on any atom is -0.465 e. The molecule has 7 nitrogen and oxygen atoms in total. The van der Waals surface area contributed by atoms with Gasteiger partial charge in [0.15, 0.2) is 19.2 Å². The largest absolute Gasteiger partial charge is 0.465 e. The molecule has 0 aliphatic rings. The number of aromatic nitrogens is 1. The van der Waals surface area contributed by atoms with Crippen LogP contribution < -0.4 is 9.47 Å². The van der Waals surface area contributed by atoms with Gasteiger partial charge in [0.05, 0.1) is 5.69 Å². The number of methoxy groups -OCH3 is 1. The summed E-state index contributed by atoms with van der Waals surface area (Å²) in [6.45, 7) is 9.76. The van der Waals surface area contributed by atoms with Crippen LogP contribution in [0.2, 0.25) is 0 Å². The third-order valence-corrected chi connectivity index (χ3v) is 6.32. The molecule has 0 N–H and O–H groups in total. The summed E-state index contributed by atoms with van der Waals surface area (Å²) in [4.78, 5) is 17.3. The number of hydrogen-bond acceptors (Lipinski definition) is 7. The monoisotopic (exact) mass is 529 g/mol. The molecule has 0 fully saturated rings. The van der Waals surface area contributed by atoms with Gasteiger partial charge in [-0.2, -0.15) is 0 Å². The smallest absolute Gasteiger partial charge is 0.303 e. The third-order valence-electron chi connectivity index (χ3n) is 6.32. The van der Waals surface area contributed by atoms with Gasteiger partial charge in [0.2, 0.25) is 0 Å². The molecule has 204 valence electrons. The van der Waals surface area contributed by atoms with E-state index in [4.69, 9.17) is 28.7 Å². The van der Waals surface area contributed by atoms with Crippen molar-refractivity contribution in [3.05, 3.63) is 89.1 Å². The second-order valence-corrected chi connectivity index (χ2v) is 9.30. The highest BCUT2D eigenvalue weighted by atomic mass is 16.7. The van der Waals surface area contributed by atoms with Crippen LogP contribution in [0.5, 0.6) is 11.5 Å². The number of benzene rings is 3. The first-order chi connectivity index (χ1) is 18.8. The molecule has 0 saturated carbocycles. The molecule has 3 aromatic carbocycles. The standard InChI is InChI=1S/C32H35NO6/c1-7-36-23(5)39-27-16-20(2)30(21(3)17-27)32(38-22(4)34)28-14-15-29(37-19-35-6)31(33-28)26-13-12-24-10-8-9-11-25(24)18-26/h8-18,23,32H,7,19H2,1-6H3. The molecule has 4 aromatic rings. The van der Waals surface area contributed by atoms with Crippen molar-refractivity contribution in [3.8, 4) is 22.8 Å². The number of hydrogen-bond donors (Lipinski definition) is 0. The Morgan fingerprint density at radius 3 is 2.33 bits per heavy atom. The molecule has 2 unspecified atom stereocenters. The van der Waals surface area contributed by atoms with Crippen LogP contribution in [0.25, 0.3) is 22.0 Å². The van der Waals surface area contributed by atoms with Gasteiger partial charge in [-0.05, 0) is 79.9 Å². The Bertz CT molecular complexity index is 1430. The van der Waals surface area contributed by atoms with Crippen molar-refractivity contribution in [2.24, 2.45) is 0 Å². The van der Waals surface area contributed by atoms with Crippen molar-refractivity contribution in [2.45, 2.75) is 47.0 Å². The first-order valence-electron chi connectivity index (χ1n) is 13.0. The van der Waals surface area contributed by atoms with Crippen LogP contribution in [-0.2, 0) is 19.0 Å². The molecule has 39 heavy (non-hydrogen) atoms. The van der Waals surface area contributed by atoms with Crippen LogP contribution in [0.3, 0.4) is 0 Å². The van der Waals surface area contributed by atoms with E-state index in [0.717, 1.165) is 33.0 Å². The van der Waals surface area contributed by atoms with Crippen molar-refractivity contribution in [3.63, 3.8) is 0 Å². The van der Waals surface area contributed by atoms with Gasteiger partial charge in [-0.1, -0.05) is 36.4 Å². The van der Waals surface area contributed by atoms with Crippen LogP contribution in [0, 0.1) is 13.8 Å². The second kappa shape index (κ2) is 12.7. The summed E-state index contributed by atoms with van der Waals surface area (Å²) in [5, 5.41) is 2.21. The van der Waals surface area contributed by atoms with Crippen LogP contribution in [-0.4, -0.2) is 37.8 Å². The van der Waals surface area contributed by atoms with Crippen molar-refractivity contribution in [2.75, 3.05) is 20.5 Å². The lowest BCUT2D eigenvalue weighted by molar-refractivity contribution is -0.144. The predicted octanol–water partition coefficient (Wildman–Crippen LogP) is 6.92. The maximum atomic E-state index is 12.3. The SMILES string of the molecule is CCOC(C)Oc1cc(C)c(C(OC(C)=O)c2ccc(OCOC)c(-c3ccc4ccccc4c3)n2)c(C)c1. The van der Waals surface area contributed by atoms with Crippen molar-refractivity contribution in [1.82, 2.24) is 4.98 Å². The van der Waals surface area contributed by atoms with E-state index < -0.39 is 12.1 Å². The van der Waals surface area contributed by atoms with Crippen LogP contribution in [0.15, 0.2) is 66.7 Å². The molecule has 1 heterocycles. The molecular weight excluding hydrogens is 494 g/mol. The second-order valence-electron chi connectivity index (χ2n) is 9.30. The topological polar surface area (TPSA) is 76.1 Å². The number of rotatable bonds is 11. The van der Waals surface area contributed by atoms with E-state index in [1.54, 1.807) is 7.11 Å². The van der Waals surface area contributed by atoms with E-state index in [1.165, 1.54) is 6.92 Å². The van der Waals surface area contributed by atoms with E-state index in [-0.39, 0.29) is 13.1 Å². The van der Waals surface area contributed by atoms with Crippen LogP contribution in [0.1, 0.15) is 49.3 Å². The quantitative estimate of drug-likeness (QED) is 0.154. The van der Waals surface area contributed by atoms with Gasteiger partial charge in [0.1, 0.15) is 17.2 Å². The summed E-state index contributed by atoms with van der Waals surface area (Å²) in [5.41, 5.74) is 4.77. The number of carbonyl (C=O) groups is 1. The number of esters is 1. The number of aryl methyl sites for hydroxylation is 2. The molecule has 0 amide bonds. The molecule has 1 aromatic heterocycles. The first-order valence-corrected chi connectivity index (χ1v) is 13.0. The summed E-state index contributed by atoms with van der Waals surface area (Å²) in [5.74, 6) is 0.849. The average Bonchev–Trinajstić information content (AvgIpc) is 2.90. The fourth-order valence-electron chi connectivity index (χ4n) is 4.70. The molecule has 4 rings (SSSR count). The lowest BCUT2D eigenvalue weighted by Crippen LogP contribution is -2.17. The Labute approximate surface area is 229 Å². The van der Waals surface area contributed by atoms with Gasteiger partial charge in [0, 0.05) is 31.8 Å². The molecule has 0 aliphatic heterocycles. The average molecular weight is 530 g/mol. The highest BCUT2D eigenvalue weighted by Gasteiger charge is 2.25. The van der Waals surface area contributed by atoms with E-state index >= 15 is 0 Å². The van der Waals surface area contributed by atoms with Crippen LogP contribution in [0.4, 0.5) is 0 Å². The Morgan fingerprint density at radius 1 is 0.949 bits per heavy atom. The Balaban J connectivity index is 1.81. The first kappa shape index (κ1) is 28.1. The van der Waals surface area contributed by atoms with Gasteiger partial charge >= 0.3 is 5.97 Å².